The second kappa shape index (κ2) is 5.79. The molecule has 2 aromatic carbocycles. The number of carbonyl (C=O) groups is 1. The van der Waals surface area contributed by atoms with E-state index in [2.05, 4.69) is 56.7 Å². The number of anilines is 2. The molecule has 5 heteroatoms. The van der Waals surface area contributed by atoms with Crippen molar-refractivity contribution in [2.75, 3.05) is 23.7 Å². The molecule has 1 saturated heterocycles. The van der Waals surface area contributed by atoms with Gasteiger partial charge in [0.15, 0.2) is 0 Å². The summed E-state index contributed by atoms with van der Waals surface area (Å²) in [7, 11) is 0. The number of hydrogen-bond acceptors (Lipinski definition) is 3. The number of carbonyl (C=O) groups excluding carboxylic acids is 1. The Hall–Kier alpha value is -1.60. The molecule has 1 fully saturated rings. The average Bonchev–Trinajstić information content (AvgIpc) is 3.16. The Kier molecular flexibility index (Phi) is 3.77. The monoisotopic (exact) mass is 419 g/mol. The molecular weight excluding hydrogens is 401 g/mol. The third-order valence-electron chi connectivity index (χ3n) is 4.83. The van der Waals surface area contributed by atoms with Gasteiger partial charge in [-0.3, -0.25) is 4.79 Å². The van der Waals surface area contributed by atoms with Crippen LogP contribution in [-0.2, 0) is 10.2 Å². The van der Waals surface area contributed by atoms with Gasteiger partial charge in [0.25, 0.3) is 0 Å². The van der Waals surface area contributed by atoms with Crippen molar-refractivity contribution in [3.8, 4) is 0 Å². The van der Waals surface area contributed by atoms with Crippen molar-refractivity contribution in [2.24, 2.45) is 0 Å². The number of para-hydroxylation sites is 1. The maximum atomic E-state index is 12.6. The third-order valence-corrected chi connectivity index (χ3v) is 5.54. The van der Waals surface area contributed by atoms with Crippen LogP contribution in [0.25, 0.3) is 0 Å². The number of nitrogens with one attached hydrogen (secondary N) is 3. The van der Waals surface area contributed by atoms with Gasteiger partial charge in [-0.05, 0) is 64.9 Å². The largest absolute Gasteiger partial charge is 0.384 e. The fourth-order valence-corrected chi connectivity index (χ4v) is 3.96. The number of halogens is 1. The maximum absolute atomic E-state index is 12.6. The number of hydrogen-bond donors (Lipinski definition) is 3. The minimum absolute atomic E-state index is 0.0324. The SMILES string of the molecule is O=C(Nc1ccc(I)cc1)C1CC2(CNc3ccccc32)CN1. The van der Waals surface area contributed by atoms with Crippen LogP contribution in [0.5, 0.6) is 0 Å². The lowest BCUT2D eigenvalue weighted by Gasteiger charge is -2.22. The van der Waals surface area contributed by atoms with Crippen molar-refractivity contribution in [3.63, 3.8) is 0 Å². The minimum Gasteiger partial charge on any atom is -0.384 e. The standard InChI is InChI=1S/C18H18IN3O/c19-12-5-7-13(8-6-12)22-17(23)16-9-18(11-21-16)10-20-15-4-2-1-3-14(15)18/h1-8,16,20-21H,9-11H2,(H,22,23). The molecular formula is C18H18IN3O. The van der Waals surface area contributed by atoms with Gasteiger partial charge < -0.3 is 16.0 Å². The van der Waals surface area contributed by atoms with Crippen LogP contribution in [0.1, 0.15) is 12.0 Å². The normalized spacial score (nSPS) is 25.2. The summed E-state index contributed by atoms with van der Waals surface area (Å²) in [6, 6.07) is 16.1. The van der Waals surface area contributed by atoms with E-state index in [9.17, 15) is 4.79 Å². The van der Waals surface area contributed by atoms with E-state index < -0.39 is 0 Å². The second-order valence-corrected chi connectivity index (χ2v) is 7.56. The second-order valence-electron chi connectivity index (χ2n) is 6.31. The van der Waals surface area contributed by atoms with Gasteiger partial charge in [0.2, 0.25) is 5.91 Å². The quantitative estimate of drug-likeness (QED) is 0.657. The molecule has 23 heavy (non-hydrogen) atoms. The predicted octanol–water partition coefficient (Wildman–Crippen LogP) is 2.96. The Labute approximate surface area is 149 Å². The highest BCUT2D eigenvalue weighted by atomic mass is 127. The van der Waals surface area contributed by atoms with Gasteiger partial charge in [0.1, 0.15) is 0 Å². The average molecular weight is 419 g/mol. The van der Waals surface area contributed by atoms with Crippen molar-refractivity contribution in [3.05, 3.63) is 57.7 Å². The molecule has 2 atom stereocenters. The zero-order valence-electron chi connectivity index (χ0n) is 12.6. The van der Waals surface area contributed by atoms with Crippen LogP contribution in [-0.4, -0.2) is 25.0 Å². The van der Waals surface area contributed by atoms with Crippen molar-refractivity contribution in [1.82, 2.24) is 5.32 Å². The van der Waals surface area contributed by atoms with Gasteiger partial charge >= 0.3 is 0 Å². The van der Waals surface area contributed by atoms with E-state index in [0.29, 0.717) is 0 Å². The first-order valence-electron chi connectivity index (χ1n) is 7.80. The molecule has 1 amide bonds. The summed E-state index contributed by atoms with van der Waals surface area (Å²) in [5, 5.41) is 9.90. The zero-order chi connectivity index (χ0) is 15.9. The molecule has 0 saturated carbocycles. The van der Waals surface area contributed by atoms with Gasteiger partial charge in [-0.1, -0.05) is 18.2 Å². The van der Waals surface area contributed by atoms with Gasteiger partial charge in [0.05, 0.1) is 6.04 Å². The van der Waals surface area contributed by atoms with Gasteiger partial charge in [-0.2, -0.15) is 0 Å². The summed E-state index contributed by atoms with van der Waals surface area (Å²) >= 11 is 2.26. The first-order chi connectivity index (χ1) is 11.2. The van der Waals surface area contributed by atoms with Crippen LogP contribution in [0.4, 0.5) is 11.4 Å². The van der Waals surface area contributed by atoms with Crippen LogP contribution in [0.3, 0.4) is 0 Å². The van der Waals surface area contributed by atoms with Crippen LogP contribution in [0.2, 0.25) is 0 Å². The topological polar surface area (TPSA) is 53.2 Å². The Morgan fingerprint density at radius 3 is 2.74 bits per heavy atom. The maximum Gasteiger partial charge on any atom is 0.241 e. The Balaban J connectivity index is 1.48. The molecule has 0 radical (unpaired) electrons. The number of benzene rings is 2. The first-order valence-corrected chi connectivity index (χ1v) is 8.87. The lowest BCUT2D eigenvalue weighted by atomic mass is 9.80. The summed E-state index contributed by atoms with van der Waals surface area (Å²) in [5.74, 6) is 0.0486. The molecule has 2 aliphatic heterocycles. The molecule has 4 rings (SSSR count). The third kappa shape index (κ3) is 2.72. The predicted molar refractivity (Wildman–Crippen MR) is 101 cm³/mol. The molecule has 0 aromatic heterocycles. The van der Waals surface area contributed by atoms with Crippen molar-refractivity contribution < 1.29 is 4.79 Å². The Morgan fingerprint density at radius 1 is 1.13 bits per heavy atom. The molecule has 2 aliphatic rings. The first kappa shape index (κ1) is 15.0. The van der Waals surface area contributed by atoms with E-state index in [1.807, 2.05) is 30.3 Å². The molecule has 2 aromatic rings. The number of rotatable bonds is 2. The Bertz CT molecular complexity index is 746. The highest BCUT2D eigenvalue weighted by Crippen LogP contribution is 2.42. The zero-order valence-corrected chi connectivity index (χ0v) is 14.8. The minimum atomic E-state index is -0.151. The summed E-state index contributed by atoms with van der Waals surface area (Å²) in [4.78, 5) is 12.6. The number of amides is 1. The van der Waals surface area contributed by atoms with Crippen molar-refractivity contribution >= 4 is 39.9 Å². The van der Waals surface area contributed by atoms with E-state index in [0.717, 1.165) is 28.8 Å². The lowest BCUT2D eigenvalue weighted by molar-refractivity contribution is -0.117. The molecule has 2 unspecified atom stereocenters. The highest BCUT2D eigenvalue weighted by Gasteiger charge is 2.46. The summed E-state index contributed by atoms with van der Waals surface area (Å²) in [6.45, 7) is 1.73. The van der Waals surface area contributed by atoms with Gasteiger partial charge in [-0.25, -0.2) is 0 Å². The van der Waals surface area contributed by atoms with Crippen molar-refractivity contribution in [2.45, 2.75) is 17.9 Å². The van der Waals surface area contributed by atoms with Crippen LogP contribution in [0.15, 0.2) is 48.5 Å². The molecule has 0 bridgehead atoms. The fourth-order valence-electron chi connectivity index (χ4n) is 3.60. The molecule has 118 valence electrons. The van der Waals surface area contributed by atoms with Crippen LogP contribution in [0, 0.1) is 3.57 Å². The summed E-state index contributed by atoms with van der Waals surface area (Å²) in [6.07, 6.45) is 0.827. The van der Waals surface area contributed by atoms with E-state index >= 15 is 0 Å². The van der Waals surface area contributed by atoms with Crippen LogP contribution >= 0.6 is 22.6 Å². The smallest absolute Gasteiger partial charge is 0.241 e. The molecule has 0 aliphatic carbocycles. The van der Waals surface area contributed by atoms with Gasteiger partial charge in [-0.15, -0.1) is 0 Å². The summed E-state index contributed by atoms with van der Waals surface area (Å²) in [5.41, 5.74) is 3.41. The molecule has 4 nitrogen and oxygen atoms in total. The molecule has 2 heterocycles. The van der Waals surface area contributed by atoms with E-state index in [-0.39, 0.29) is 17.4 Å². The van der Waals surface area contributed by atoms with Crippen molar-refractivity contribution in [1.29, 1.82) is 0 Å². The van der Waals surface area contributed by atoms with E-state index in [4.69, 9.17) is 0 Å². The Morgan fingerprint density at radius 2 is 1.91 bits per heavy atom. The lowest BCUT2D eigenvalue weighted by Crippen LogP contribution is -2.35. The fraction of sp³-hybridized carbons (Fsp3) is 0.278. The van der Waals surface area contributed by atoms with Gasteiger partial charge in [0, 0.05) is 33.4 Å². The summed E-state index contributed by atoms with van der Waals surface area (Å²) < 4.78 is 1.16. The van der Waals surface area contributed by atoms with E-state index in [1.54, 1.807) is 0 Å². The molecule has 1 spiro atoms. The molecule has 3 N–H and O–H groups in total. The van der Waals surface area contributed by atoms with E-state index in [1.165, 1.54) is 11.3 Å². The highest BCUT2D eigenvalue weighted by molar-refractivity contribution is 14.1. The number of fused-ring (bicyclic) bond motifs is 2. The van der Waals surface area contributed by atoms with Crippen LogP contribution < -0.4 is 16.0 Å².